The molecule has 1 heterocycles. The summed E-state index contributed by atoms with van der Waals surface area (Å²) in [5.41, 5.74) is 5.75. The lowest BCUT2D eigenvalue weighted by molar-refractivity contribution is -0.0559. The fourth-order valence-corrected chi connectivity index (χ4v) is 5.20. The summed E-state index contributed by atoms with van der Waals surface area (Å²) in [6.07, 6.45) is 8.48. The fourth-order valence-electron chi connectivity index (χ4n) is 3.37. The minimum Gasteiger partial charge on any atom is -0.371 e. The Morgan fingerprint density at radius 1 is 1.26 bits per heavy atom. The van der Waals surface area contributed by atoms with E-state index in [4.69, 9.17) is 10.5 Å². The molecule has 19 heavy (non-hydrogen) atoms. The van der Waals surface area contributed by atoms with Crippen molar-refractivity contribution in [2.45, 2.75) is 76.0 Å². The lowest BCUT2D eigenvalue weighted by Crippen LogP contribution is -2.36. The summed E-state index contributed by atoms with van der Waals surface area (Å²) in [4.78, 5) is 0. The zero-order chi connectivity index (χ0) is 13.9. The van der Waals surface area contributed by atoms with Crippen molar-refractivity contribution in [3.8, 4) is 0 Å². The van der Waals surface area contributed by atoms with E-state index in [2.05, 4.69) is 0 Å². The molecule has 2 N–H and O–H groups in total. The van der Waals surface area contributed by atoms with Crippen LogP contribution in [0.1, 0.15) is 58.3 Å². The molecule has 2 aliphatic rings. The van der Waals surface area contributed by atoms with Gasteiger partial charge < -0.3 is 10.5 Å². The second kappa shape index (κ2) is 6.10. The minimum atomic E-state index is -3.08. The van der Waals surface area contributed by atoms with Crippen molar-refractivity contribution >= 4 is 9.84 Å². The van der Waals surface area contributed by atoms with Crippen molar-refractivity contribution in [2.24, 2.45) is 5.73 Å². The van der Waals surface area contributed by atoms with Crippen LogP contribution in [0.15, 0.2) is 0 Å². The highest BCUT2D eigenvalue weighted by Crippen LogP contribution is 2.42. The van der Waals surface area contributed by atoms with E-state index in [-0.39, 0.29) is 29.3 Å². The maximum atomic E-state index is 12.1. The molecular weight excluding hydrogens is 262 g/mol. The summed E-state index contributed by atoms with van der Waals surface area (Å²) < 4.78 is 30.3. The highest BCUT2D eigenvalue weighted by molar-refractivity contribution is 7.91. The summed E-state index contributed by atoms with van der Waals surface area (Å²) in [6, 6.07) is -0.241. The molecular formula is C14H27NO3S. The summed E-state index contributed by atoms with van der Waals surface area (Å²) >= 11 is 0. The van der Waals surface area contributed by atoms with Crippen LogP contribution in [-0.2, 0) is 14.6 Å². The number of ether oxygens (including phenoxy) is 1. The van der Waals surface area contributed by atoms with E-state index in [1.54, 1.807) is 0 Å². The monoisotopic (exact) mass is 289 g/mol. The maximum Gasteiger partial charge on any atom is 0.154 e. The van der Waals surface area contributed by atoms with Crippen molar-refractivity contribution in [2.75, 3.05) is 11.5 Å². The summed E-state index contributed by atoms with van der Waals surface area (Å²) in [6.45, 7) is 1.92. The first-order chi connectivity index (χ1) is 8.95. The Morgan fingerprint density at radius 2 is 1.95 bits per heavy atom. The molecule has 1 aliphatic carbocycles. The molecule has 1 saturated carbocycles. The number of rotatable bonds is 5. The van der Waals surface area contributed by atoms with Gasteiger partial charge in [-0.25, -0.2) is 8.42 Å². The van der Waals surface area contributed by atoms with Gasteiger partial charge in [-0.2, -0.15) is 0 Å². The molecule has 4 nitrogen and oxygen atoms in total. The Labute approximate surface area is 117 Å². The van der Waals surface area contributed by atoms with Crippen LogP contribution < -0.4 is 5.73 Å². The Bertz CT molecular complexity index is 387. The van der Waals surface area contributed by atoms with Crippen LogP contribution in [0.2, 0.25) is 0 Å². The number of hydrogen-bond donors (Lipinski definition) is 1. The van der Waals surface area contributed by atoms with E-state index in [1.807, 2.05) is 6.92 Å². The second-order valence-electron chi connectivity index (χ2n) is 6.27. The van der Waals surface area contributed by atoms with E-state index in [0.717, 1.165) is 25.7 Å². The molecule has 0 bridgehead atoms. The van der Waals surface area contributed by atoms with Gasteiger partial charge in [-0.05, 0) is 32.1 Å². The molecule has 112 valence electrons. The van der Waals surface area contributed by atoms with E-state index in [9.17, 15) is 8.42 Å². The van der Waals surface area contributed by atoms with Crippen LogP contribution in [0.3, 0.4) is 0 Å². The van der Waals surface area contributed by atoms with Crippen molar-refractivity contribution in [3.05, 3.63) is 0 Å². The number of hydrogen-bond acceptors (Lipinski definition) is 4. The van der Waals surface area contributed by atoms with Gasteiger partial charge in [0.25, 0.3) is 0 Å². The van der Waals surface area contributed by atoms with Gasteiger partial charge in [0.1, 0.15) is 0 Å². The van der Waals surface area contributed by atoms with Crippen LogP contribution in [0, 0.1) is 0 Å². The van der Waals surface area contributed by atoms with Gasteiger partial charge in [0, 0.05) is 6.04 Å². The van der Waals surface area contributed by atoms with Gasteiger partial charge in [-0.3, -0.25) is 0 Å². The van der Waals surface area contributed by atoms with Gasteiger partial charge in [-0.15, -0.1) is 0 Å². The summed E-state index contributed by atoms with van der Waals surface area (Å²) in [5.74, 6) is 0.249. The van der Waals surface area contributed by atoms with Crippen LogP contribution in [0.5, 0.6) is 0 Å². The Balaban J connectivity index is 1.87. The normalized spacial score (nSPS) is 28.6. The third kappa shape index (κ3) is 4.17. The third-order valence-corrected chi connectivity index (χ3v) is 6.35. The van der Waals surface area contributed by atoms with Crippen LogP contribution >= 0.6 is 0 Å². The van der Waals surface area contributed by atoms with E-state index in [0.29, 0.717) is 6.42 Å². The SMILES string of the molecule is CCC(N)CS(=O)(=O)CC1CCC2(CCCCC2)O1. The van der Waals surface area contributed by atoms with Gasteiger partial charge in [0.05, 0.1) is 23.2 Å². The Hall–Kier alpha value is -0.130. The highest BCUT2D eigenvalue weighted by atomic mass is 32.2. The van der Waals surface area contributed by atoms with E-state index in [1.165, 1.54) is 19.3 Å². The lowest BCUT2D eigenvalue weighted by Gasteiger charge is -2.33. The smallest absolute Gasteiger partial charge is 0.154 e. The molecule has 0 amide bonds. The van der Waals surface area contributed by atoms with Crippen molar-refractivity contribution in [3.63, 3.8) is 0 Å². The van der Waals surface area contributed by atoms with Crippen molar-refractivity contribution in [1.29, 1.82) is 0 Å². The van der Waals surface area contributed by atoms with Gasteiger partial charge in [-0.1, -0.05) is 26.2 Å². The first-order valence-electron chi connectivity index (χ1n) is 7.58. The molecule has 1 spiro atoms. The Kier molecular flexibility index (Phi) is 4.90. The molecule has 5 heteroatoms. The van der Waals surface area contributed by atoms with Gasteiger partial charge in [0.15, 0.2) is 9.84 Å². The molecule has 2 rings (SSSR count). The van der Waals surface area contributed by atoms with Crippen LogP contribution in [-0.4, -0.2) is 37.7 Å². The van der Waals surface area contributed by atoms with E-state index < -0.39 is 9.84 Å². The summed E-state index contributed by atoms with van der Waals surface area (Å²) in [5, 5.41) is 0. The topological polar surface area (TPSA) is 69.4 Å². The van der Waals surface area contributed by atoms with Crippen molar-refractivity contribution in [1.82, 2.24) is 0 Å². The standard InChI is InChI=1S/C14H27NO3S/c1-2-12(15)10-19(16,17)11-13-6-9-14(18-13)7-4-3-5-8-14/h12-13H,2-11,15H2,1H3. The number of nitrogens with two attached hydrogens (primary N) is 1. The number of sulfone groups is 1. The molecule has 0 aromatic carbocycles. The molecule has 0 aromatic heterocycles. The second-order valence-corrected chi connectivity index (χ2v) is 8.42. The summed E-state index contributed by atoms with van der Waals surface area (Å²) in [7, 11) is -3.08. The Morgan fingerprint density at radius 3 is 2.58 bits per heavy atom. The molecule has 0 aromatic rings. The first-order valence-corrected chi connectivity index (χ1v) is 9.41. The molecule has 1 aliphatic heterocycles. The maximum absolute atomic E-state index is 12.1. The zero-order valence-electron chi connectivity index (χ0n) is 11.9. The van der Waals surface area contributed by atoms with E-state index >= 15 is 0 Å². The lowest BCUT2D eigenvalue weighted by atomic mass is 9.83. The van der Waals surface area contributed by atoms with Gasteiger partial charge in [0.2, 0.25) is 0 Å². The molecule has 0 radical (unpaired) electrons. The average molecular weight is 289 g/mol. The van der Waals surface area contributed by atoms with Crippen molar-refractivity contribution < 1.29 is 13.2 Å². The van der Waals surface area contributed by atoms with Crippen LogP contribution in [0.4, 0.5) is 0 Å². The third-order valence-electron chi connectivity index (χ3n) is 4.54. The molecule has 1 saturated heterocycles. The largest absolute Gasteiger partial charge is 0.371 e. The zero-order valence-corrected chi connectivity index (χ0v) is 12.8. The highest BCUT2D eigenvalue weighted by Gasteiger charge is 2.42. The molecule has 2 unspecified atom stereocenters. The quantitative estimate of drug-likeness (QED) is 0.840. The minimum absolute atomic E-state index is 0.00527. The first kappa shape index (κ1) is 15.3. The molecule has 2 fully saturated rings. The van der Waals surface area contributed by atoms with Crippen LogP contribution in [0.25, 0.3) is 0 Å². The molecule has 2 atom stereocenters. The predicted octanol–water partition coefficient (Wildman–Crippen LogP) is 2.02. The predicted molar refractivity (Wildman–Crippen MR) is 76.8 cm³/mol. The average Bonchev–Trinajstić information content (AvgIpc) is 2.71. The fraction of sp³-hybridized carbons (Fsp3) is 1.00. The van der Waals surface area contributed by atoms with Gasteiger partial charge >= 0.3 is 0 Å².